The molecular formula is C13H19NO2S. The molecule has 1 aromatic rings. The van der Waals surface area contributed by atoms with Crippen molar-refractivity contribution in [3.63, 3.8) is 0 Å². The summed E-state index contributed by atoms with van der Waals surface area (Å²) in [6.45, 7) is 1.95. The lowest BCUT2D eigenvalue weighted by molar-refractivity contribution is 0.432. The Labute approximate surface area is 103 Å². The first-order chi connectivity index (χ1) is 8.01. The van der Waals surface area contributed by atoms with Crippen LogP contribution in [0.5, 0.6) is 0 Å². The minimum atomic E-state index is -3.25. The molecule has 1 saturated carbocycles. The Hall–Kier alpha value is -0.870. The highest BCUT2D eigenvalue weighted by Gasteiger charge is 2.34. The van der Waals surface area contributed by atoms with Gasteiger partial charge in [-0.1, -0.05) is 30.5 Å². The van der Waals surface area contributed by atoms with Crippen LogP contribution in [0.2, 0.25) is 0 Å². The van der Waals surface area contributed by atoms with Gasteiger partial charge in [-0.3, -0.25) is 0 Å². The van der Waals surface area contributed by atoms with Crippen LogP contribution in [0.15, 0.2) is 29.2 Å². The van der Waals surface area contributed by atoms with Crippen molar-refractivity contribution in [1.82, 2.24) is 0 Å². The zero-order valence-corrected chi connectivity index (χ0v) is 10.9. The maximum atomic E-state index is 12.4. The normalized spacial score (nSPS) is 25.8. The molecule has 1 fully saturated rings. The lowest BCUT2D eigenvalue weighted by Gasteiger charge is -2.28. The summed E-state index contributed by atoms with van der Waals surface area (Å²) in [5.74, 6) is 0. The molecule has 2 rings (SSSR count). The van der Waals surface area contributed by atoms with Gasteiger partial charge in [0.15, 0.2) is 9.84 Å². The van der Waals surface area contributed by atoms with Gasteiger partial charge in [0.05, 0.1) is 10.1 Å². The first kappa shape index (κ1) is 12.6. The molecule has 1 aliphatic carbocycles. The third-order valence-electron chi connectivity index (χ3n) is 3.50. The van der Waals surface area contributed by atoms with Crippen molar-refractivity contribution < 1.29 is 8.42 Å². The topological polar surface area (TPSA) is 60.2 Å². The predicted molar refractivity (Wildman–Crippen MR) is 68.6 cm³/mol. The highest BCUT2D eigenvalue weighted by Crippen LogP contribution is 2.28. The fourth-order valence-electron chi connectivity index (χ4n) is 2.41. The van der Waals surface area contributed by atoms with E-state index < -0.39 is 15.1 Å². The summed E-state index contributed by atoms with van der Waals surface area (Å²) < 4.78 is 24.9. The van der Waals surface area contributed by atoms with E-state index >= 15 is 0 Å². The van der Waals surface area contributed by atoms with Crippen LogP contribution >= 0.6 is 0 Å². The van der Waals surface area contributed by atoms with Gasteiger partial charge in [-0.15, -0.1) is 0 Å². The number of hydrogen-bond donors (Lipinski definition) is 1. The molecular weight excluding hydrogens is 234 g/mol. The summed E-state index contributed by atoms with van der Waals surface area (Å²) in [5, 5.41) is -0.404. The summed E-state index contributed by atoms with van der Waals surface area (Å²) in [6, 6.07) is 6.83. The van der Waals surface area contributed by atoms with Gasteiger partial charge >= 0.3 is 0 Å². The van der Waals surface area contributed by atoms with E-state index in [2.05, 4.69) is 0 Å². The Morgan fingerprint density at radius 3 is 2.29 bits per heavy atom. The SMILES string of the molecule is Cc1ccc(S(=O)(=O)C2CCCCC2N)cc1. The second kappa shape index (κ2) is 4.78. The second-order valence-electron chi connectivity index (χ2n) is 4.84. The van der Waals surface area contributed by atoms with Gasteiger partial charge in [0, 0.05) is 6.04 Å². The van der Waals surface area contributed by atoms with Crippen molar-refractivity contribution >= 4 is 9.84 Å². The third kappa shape index (κ3) is 2.53. The first-order valence-corrected chi connectivity index (χ1v) is 7.62. The van der Waals surface area contributed by atoms with Gasteiger partial charge in [0.2, 0.25) is 0 Å². The Bertz CT molecular complexity index is 479. The number of benzene rings is 1. The van der Waals surface area contributed by atoms with Gasteiger partial charge in [-0.2, -0.15) is 0 Å². The third-order valence-corrected chi connectivity index (χ3v) is 5.81. The Kier molecular flexibility index (Phi) is 3.54. The quantitative estimate of drug-likeness (QED) is 0.877. The fourth-order valence-corrected chi connectivity index (χ4v) is 4.35. The van der Waals surface area contributed by atoms with Crippen LogP contribution in [-0.2, 0) is 9.84 Å². The minimum Gasteiger partial charge on any atom is -0.327 e. The summed E-state index contributed by atoms with van der Waals surface area (Å²) in [4.78, 5) is 0.408. The van der Waals surface area contributed by atoms with Crippen LogP contribution in [0.3, 0.4) is 0 Å². The molecule has 2 N–H and O–H groups in total. The molecule has 17 heavy (non-hydrogen) atoms. The maximum absolute atomic E-state index is 12.4. The molecule has 94 valence electrons. The van der Waals surface area contributed by atoms with E-state index in [1.807, 2.05) is 19.1 Å². The molecule has 0 saturated heterocycles. The molecule has 2 unspecified atom stereocenters. The van der Waals surface area contributed by atoms with Gasteiger partial charge in [-0.25, -0.2) is 8.42 Å². The summed E-state index contributed by atoms with van der Waals surface area (Å²) in [5.41, 5.74) is 7.02. The molecule has 4 heteroatoms. The molecule has 0 amide bonds. The van der Waals surface area contributed by atoms with Crippen molar-refractivity contribution in [2.24, 2.45) is 5.73 Å². The molecule has 1 aromatic carbocycles. The molecule has 1 aliphatic rings. The summed E-state index contributed by atoms with van der Waals surface area (Å²) >= 11 is 0. The van der Waals surface area contributed by atoms with Crippen LogP contribution in [0, 0.1) is 6.92 Å². The smallest absolute Gasteiger partial charge is 0.182 e. The molecule has 0 bridgehead atoms. The number of hydrogen-bond acceptors (Lipinski definition) is 3. The number of nitrogens with two attached hydrogens (primary N) is 1. The summed E-state index contributed by atoms with van der Waals surface area (Å²) in [6.07, 6.45) is 3.51. The molecule has 0 aromatic heterocycles. The fraction of sp³-hybridized carbons (Fsp3) is 0.538. The highest BCUT2D eigenvalue weighted by molar-refractivity contribution is 7.92. The standard InChI is InChI=1S/C13H19NO2S/c1-10-6-8-11(9-7-10)17(15,16)13-5-3-2-4-12(13)14/h6-9,12-13H,2-5,14H2,1H3. The van der Waals surface area contributed by atoms with Crippen molar-refractivity contribution in [1.29, 1.82) is 0 Å². The lowest BCUT2D eigenvalue weighted by Crippen LogP contribution is -2.42. The summed E-state index contributed by atoms with van der Waals surface area (Å²) in [7, 11) is -3.25. The van der Waals surface area contributed by atoms with E-state index in [-0.39, 0.29) is 6.04 Å². The van der Waals surface area contributed by atoms with Gasteiger partial charge < -0.3 is 5.73 Å². The molecule has 3 nitrogen and oxygen atoms in total. The van der Waals surface area contributed by atoms with E-state index in [0.717, 1.165) is 24.8 Å². The van der Waals surface area contributed by atoms with Crippen molar-refractivity contribution in [3.05, 3.63) is 29.8 Å². The van der Waals surface area contributed by atoms with Gasteiger partial charge in [-0.05, 0) is 31.9 Å². The van der Waals surface area contributed by atoms with E-state index in [9.17, 15) is 8.42 Å². The highest BCUT2D eigenvalue weighted by atomic mass is 32.2. The number of aryl methyl sites for hydroxylation is 1. The van der Waals surface area contributed by atoms with Crippen LogP contribution in [0.1, 0.15) is 31.2 Å². The number of sulfone groups is 1. The van der Waals surface area contributed by atoms with E-state index in [1.165, 1.54) is 0 Å². The molecule has 0 radical (unpaired) electrons. The maximum Gasteiger partial charge on any atom is 0.182 e. The van der Waals surface area contributed by atoms with Crippen molar-refractivity contribution in [3.8, 4) is 0 Å². The lowest BCUT2D eigenvalue weighted by atomic mass is 9.96. The van der Waals surface area contributed by atoms with Crippen LogP contribution in [-0.4, -0.2) is 19.7 Å². The average Bonchev–Trinajstić information content (AvgIpc) is 2.30. The molecule has 0 aliphatic heterocycles. The largest absolute Gasteiger partial charge is 0.327 e. The molecule has 2 atom stereocenters. The predicted octanol–water partition coefficient (Wildman–Crippen LogP) is 2.04. The van der Waals surface area contributed by atoms with Crippen LogP contribution < -0.4 is 5.73 Å². The van der Waals surface area contributed by atoms with Crippen molar-refractivity contribution in [2.45, 2.75) is 48.8 Å². The van der Waals surface area contributed by atoms with Crippen molar-refractivity contribution in [2.75, 3.05) is 0 Å². The Balaban J connectivity index is 2.32. The minimum absolute atomic E-state index is 0.213. The van der Waals surface area contributed by atoms with E-state index in [1.54, 1.807) is 12.1 Å². The first-order valence-electron chi connectivity index (χ1n) is 6.08. The molecule has 0 heterocycles. The Morgan fingerprint density at radius 1 is 1.12 bits per heavy atom. The van der Waals surface area contributed by atoms with E-state index in [0.29, 0.717) is 11.3 Å². The zero-order chi connectivity index (χ0) is 12.5. The van der Waals surface area contributed by atoms with Crippen LogP contribution in [0.4, 0.5) is 0 Å². The Morgan fingerprint density at radius 2 is 1.71 bits per heavy atom. The van der Waals surface area contributed by atoms with Crippen LogP contribution in [0.25, 0.3) is 0 Å². The van der Waals surface area contributed by atoms with Gasteiger partial charge in [0.25, 0.3) is 0 Å². The second-order valence-corrected chi connectivity index (χ2v) is 7.01. The average molecular weight is 253 g/mol. The van der Waals surface area contributed by atoms with Gasteiger partial charge in [0.1, 0.15) is 0 Å². The monoisotopic (exact) mass is 253 g/mol. The number of rotatable bonds is 2. The molecule has 0 spiro atoms. The van der Waals surface area contributed by atoms with E-state index in [4.69, 9.17) is 5.73 Å². The zero-order valence-electron chi connectivity index (χ0n) is 10.1.